The minimum Gasteiger partial charge on any atom is -0.405 e. The standard InChI is InChI=1S/C30H23BN2O2/c1-3-8-22(9-4-1)23-14-16-25(17-15-23)30-32-28(24-10-5-2-6-11-24)21-29(33-30)26-12-7-13-27(20-26)31-34-18-19-35-31/h1-17,20-21H,18-19H2. The van der Waals surface area contributed by atoms with Gasteiger partial charge in [0.25, 0.3) is 0 Å². The van der Waals surface area contributed by atoms with E-state index in [4.69, 9.17) is 19.3 Å². The van der Waals surface area contributed by atoms with Gasteiger partial charge in [-0.15, -0.1) is 0 Å². The molecule has 35 heavy (non-hydrogen) atoms. The Balaban J connectivity index is 1.43. The number of aromatic nitrogens is 2. The quantitative estimate of drug-likeness (QED) is 0.311. The van der Waals surface area contributed by atoms with E-state index in [9.17, 15) is 0 Å². The van der Waals surface area contributed by atoms with Crippen molar-refractivity contribution in [2.75, 3.05) is 13.2 Å². The summed E-state index contributed by atoms with van der Waals surface area (Å²) < 4.78 is 11.4. The van der Waals surface area contributed by atoms with Gasteiger partial charge in [-0.2, -0.15) is 0 Å². The number of hydrogen-bond donors (Lipinski definition) is 0. The average molecular weight is 454 g/mol. The van der Waals surface area contributed by atoms with Gasteiger partial charge in [0, 0.05) is 11.1 Å². The Kier molecular flexibility index (Phi) is 5.93. The molecule has 0 atom stereocenters. The second-order valence-electron chi connectivity index (χ2n) is 8.47. The number of benzene rings is 4. The van der Waals surface area contributed by atoms with Gasteiger partial charge in [0.1, 0.15) is 0 Å². The molecular formula is C30H23BN2O2. The first-order chi connectivity index (χ1) is 17.3. The number of nitrogens with zero attached hydrogens (tertiary/aromatic N) is 2. The molecule has 4 nitrogen and oxygen atoms in total. The summed E-state index contributed by atoms with van der Waals surface area (Å²) in [6.07, 6.45) is 0. The summed E-state index contributed by atoms with van der Waals surface area (Å²) >= 11 is 0. The van der Waals surface area contributed by atoms with E-state index in [0.717, 1.165) is 39.1 Å². The van der Waals surface area contributed by atoms with Crippen LogP contribution in [0.25, 0.3) is 45.0 Å². The van der Waals surface area contributed by atoms with Gasteiger partial charge in [0.2, 0.25) is 0 Å². The topological polar surface area (TPSA) is 44.2 Å². The Bertz CT molecular complexity index is 1430. The number of hydrogen-bond acceptors (Lipinski definition) is 4. The van der Waals surface area contributed by atoms with E-state index in [2.05, 4.69) is 72.8 Å². The van der Waals surface area contributed by atoms with Crippen molar-refractivity contribution in [3.8, 4) is 45.0 Å². The molecular weight excluding hydrogens is 431 g/mol. The third kappa shape index (κ3) is 4.65. The second-order valence-corrected chi connectivity index (χ2v) is 8.47. The van der Waals surface area contributed by atoms with E-state index in [1.807, 2.05) is 42.5 Å². The maximum atomic E-state index is 5.71. The lowest BCUT2D eigenvalue weighted by Crippen LogP contribution is -2.31. The zero-order valence-corrected chi connectivity index (χ0v) is 19.2. The maximum Gasteiger partial charge on any atom is 0.494 e. The van der Waals surface area contributed by atoms with Gasteiger partial charge in [-0.3, -0.25) is 0 Å². The molecule has 1 aliphatic heterocycles. The zero-order chi connectivity index (χ0) is 23.5. The van der Waals surface area contributed by atoms with Gasteiger partial charge in [-0.25, -0.2) is 9.97 Å². The van der Waals surface area contributed by atoms with Crippen molar-refractivity contribution in [2.24, 2.45) is 0 Å². The Morgan fingerprint density at radius 3 is 1.71 bits per heavy atom. The molecule has 1 aliphatic rings. The zero-order valence-electron chi connectivity index (χ0n) is 19.2. The Morgan fingerprint density at radius 1 is 0.486 bits per heavy atom. The van der Waals surface area contributed by atoms with E-state index in [-0.39, 0.29) is 7.12 Å². The summed E-state index contributed by atoms with van der Waals surface area (Å²) in [4.78, 5) is 9.92. The van der Waals surface area contributed by atoms with Crippen molar-refractivity contribution in [1.82, 2.24) is 9.97 Å². The molecule has 4 aromatic carbocycles. The summed E-state index contributed by atoms with van der Waals surface area (Å²) in [5, 5.41) is 0. The minimum absolute atomic E-state index is 0.324. The largest absolute Gasteiger partial charge is 0.494 e. The minimum atomic E-state index is -0.324. The molecule has 1 saturated heterocycles. The third-order valence-electron chi connectivity index (χ3n) is 6.12. The van der Waals surface area contributed by atoms with Gasteiger partial charge < -0.3 is 9.31 Å². The fraction of sp³-hybridized carbons (Fsp3) is 0.0667. The molecule has 0 radical (unpaired) electrons. The van der Waals surface area contributed by atoms with Gasteiger partial charge >= 0.3 is 7.12 Å². The molecule has 6 rings (SSSR count). The molecule has 0 amide bonds. The molecule has 0 bridgehead atoms. The lowest BCUT2D eigenvalue weighted by Gasteiger charge is -2.11. The lowest BCUT2D eigenvalue weighted by atomic mass is 9.78. The van der Waals surface area contributed by atoms with Crippen molar-refractivity contribution in [1.29, 1.82) is 0 Å². The normalized spacial score (nSPS) is 13.2. The van der Waals surface area contributed by atoms with Crippen molar-refractivity contribution in [2.45, 2.75) is 0 Å². The molecule has 0 spiro atoms. The Hall–Kier alpha value is -4.06. The molecule has 5 aromatic rings. The molecule has 0 N–H and O–H groups in total. The van der Waals surface area contributed by atoms with E-state index >= 15 is 0 Å². The molecule has 1 fully saturated rings. The molecule has 1 aromatic heterocycles. The van der Waals surface area contributed by atoms with E-state index in [1.54, 1.807) is 0 Å². The SMILES string of the molecule is c1ccc(-c2ccc(-c3nc(-c4ccccc4)cc(-c4cccc(B5OCCO5)c4)n3)cc2)cc1. The van der Waals surface area contributed by atoms with Crippen LogP contribution in [0.1, 0.15) is 0 Å². The van der Waals surface area contributed by atoms with Crippen LogP contribution in [0.3, 0.4) is 0 Å². The van der Waals surface area contributed by atoms with Crippen LogP contribution in [-0.4, -0.2) is 30.3 Å². The predicted octanol–water partition coefficient (Wildman–Crippen LogP) is 5.89. The molecule has 0 unspecified atom stereocenters. The van der Waals surface area contributed by atoms with Crippen LogP contribution >= 0.6 is 0 Å². The smallest absolute Gasteiger partial charge is 0.405 e. The van der Waals surface area contributed by atoms with Crippen LogP contribution in [0.15, 0.2) is 115 Å². The summed E-state index contributed by atoms with van der Waals surface area (Å²) in [6, 6.07) is 39.3. The highest BCUT2D eigenvalue weighted by Gasteiger charge is 2.26. The summed E-state index contributed by atoms with van der Waals surface area (Å²) in [5.41, 5.74) is 8.12. The monoisotopic (exact) mass is 454 g/mol. The van der Waals surface area contributed by atoms with E-state index < -0.39 is 0 Å². The van der Waals surface area contributed by atoms with Crippen LogP contribution in [0.2, 0.25) is 0 Å². The predicted molar refractivity (Wildman–Crippen MR) is 141 cm³/mol. The van der Waals surface area contributed by atoms with Crippen molar-refractivity contribution in [3.63, 3.8) is 0 Å². The van der Waals surface area contributed by atoms with Crippen molar-refractivity contribution >= 4 is 12.6 Å². The summed E-state index contributed by atoms with van der Waals surface area (Å²) in [6.45, 7) is 1.23. The first-order valence-electron chi connectivity index (χ1n) is 11.8. The lowest BCUT2D eigenvalue weighted by molar-refractivity contribution is 0.365. The van der Waals surface area contributed by atoms with Crippen molar-refractivity contribution < 1.29 is 9.31 Å². The second kappa shape index (κ2) is 9.67. The summed E-state index contributed by atoms with van der Waals surface area (Å²) in [7, 11) is -0.324. The highest BCUT2D eigenvalue weighted by atomic mass is 16.6. The Morgan fingerprint density at radius 2 is 1.03 bits per heavy atom. The maximum absolute atomic E-state index is 5.71. The van der Waals surface area contributed by atoms with Crippen molar-refractivity contribution in [3.05, 3.63) is 115 Å². The van der Waals surface area contributed by atoms with Crippen LogP contribution in [0.4, 0.5) is 0 Å². The number of rotatable bonds is 5. The first-order valence-corrected chi connectivity index (χ1v) is 11.8. The third-order valence-corrected chi connectivity index (χ3v) is 6.12. The molecule has 0 saturated carbocycles. The Labute approximate surface area is 205 Å². The van der Waals surface area contributed by atoms with Gasteiger partial charge in [0.15, 0.2) is 5.82 Å². The fourth-order valence-corrected chi connectivity index (χ4v) is 4.32. The van der Waals surface area contributed by atoms with E-state index in [0.29, 0.717) is 19.0 Å². The average Bonchev–Trinajstić information content (AvgIpc) is 3.49. The fourth-order valence-electron chi connectivity index (χ4n) is 4.32. The molecule has 5 heteroatoms. The first kappa shape index (κ1) is 21.5. The van der Waals surface area contributed by atoms with Crippen LogP contribution in [-0.2, 0) is 9.31 Å². The van der Waals surface area contributed by atoms with Crippen LogP contribution in [0, 0.1) is 0 Å². The van der Waals surface area contributed by atoms with Crippen LogP contribution in [0.5, 0.6) is 0 Å². The highest BCUT2D eigenvalue weighted by molar-refractivity contribution is 6.61. The summed E-state index contributed by atoms with van der Waals surface area (Å²) in [5.74, 6) is 0.694. The van der Waals surface area contributed by atoms with Gasteiger partial charge in [-0.05, 0) is 28.2 Å². The molecule has 2 heterocycles. The van der Waals surface area contributed by atoms with Gasteiger partial charge in [-0.1, -0.05) is 109 Å². The molecule has 0 aliphatic carbocycles. The van der Waals surface area contributed by atoms with Crippen LogP contribution < -0.4 is 5.46 Å². The van der Waals surface area contributed by atoms with Gasteiger partial charge in [0.05, 0.1) is 24.6 Å². The molecule has 168 valence electrons. The van der Waals surface area contributed by atoms with E-state index in [1.165, 1.54) is 5.56 Å². The highest BCUT2D eigenvalue weighted by Crippen LogP contribution is 2.28.